The average molecular weight is 292 g/mol. The summed E-state index contributed by atoms with van der Waals surface area (Å²) in [6.45, 7) is 4.65. The molecule has 2 atom stereocenters. The summed E-state index contributed by atoms with van der Waals surface area (Å²) < 4.78 is 5.27. The van der Waals surface area contributed by atoms with Gasteiger partial charge in [0.25, 0.3) is 0 Å². The quantitative estimate of drug-likeness (QED) is 0.652. The zero-order chi connectivity index (χ0) is 15.9. The Morgan fingerprint density at radius 1 is 1.24 bits per heavy atom. The van der Waals surface area contributed by atoms with Gasteiger partial charge in [0.15, 0.2) is 5.41 Å². The van der Waals surface area contributed by atoms with E-state index in [0.29, 0.717) is 5.56 Å². The van der Waals surface area contributed by atoms with Gasteiger partial charge in [-0.15, -0.1) is 0 Å². The Labute approximate surface area is 123 Å². The van der Waals surface area contributed by atoms with Gasteiger partial charge in [-0.2, -0.15) is 0 Å². The first-order valence-corrected chi connectivity index (χ1v) is 6.83. The second kappa shape index (κ2) is 4.84. The zero-order valence-electron chi connectivity index (χ0n) is 12.4. The number of aliphatic carboxylic acids is 1. The molecule has 2 rings (SSSR count). The van der Waals surface area contributed by atoms with Gasteiger partial charge in [0.05, 0.1) is 6.61 Å². The van der Waals surface area contributed by atoms with Gasteiger partial charge in [-0.1, -0.05) is 30.3 Å². The molecule has 5 nitrogen and oxygen atoms in total. The molecule has 0 heterocycles. The van der Waals surface area contributed by atoms with Crippen LogP contribution >= 0.6 is 0 Å². The third-order valence-corrected chi connectivity index (χ3v) is 3.97. The van der Waals surface area contributed by atoms with E-state index in [2.05, 4.69) is 0 Å². The number of aliphatic hydroxyl groups is 1. The molecule has 21 heavy (non-hydrogen) atoms. The highest BCUT2D eigenvalue weighted by molar-refractivity contribution is 6.06. The molecule has 1 saturated carbocycles. The molecule has 2 N–H and O–H groups in total. The maximum absolute atomic E-state index is 12.4. The number of benzene rings is 1. The maximum atomic E-state index is 12.4. The molecule has 0 bridgehead atoms. The molecule has 0 spiro atoms. The molecule has 0 aromatic heterocycles. The minimum absolute atomic E-state index is 0.0464. The second-order valence-corrected chi connectivity index (χ2v) is 6.50. The van der Waals surface area contributed by atoms with Crippen molar-refractivity contribution in [3.63, 3.8) is 0 Å². The Bertz CT molecular complexity index is 560. The maximum Gasteiger partial charge on any atom is 0.325 e. The van der Waals surface area contributed by atoms with Crippen LogP contribution in [0.5, 0.6) is 0 Å². The monoisotopic (exact) mass is 292 g/mol. The predicted octanol–water partition coefficient (Wildman–Crippen LogP) is 1.73. The van der Waals surface area contributed by atoms with Crippen LogP contribution in [0.2, 0.25) is 0 Å². The Kier molecular flexibility index (Phi) is 3.58. The van der Waals surface area contributed by atoms with Crippen molar-refractivity contribution >= 4 is 11.9 Å². The molecule has 1 aromatic rings. The molecule has 0 unspecified atom stereocenters. The number of hydrogen-bond acceptors (Lipinski definition) is 4. The van der Waals surface area contributed by atoms with Gasteiger partial charge in [0.2, 0.25) is 0 Å². The first kappa shape index (κ1) is 15.5. The lowest BCUT2D eigenvalue weighted by atomic mass is 9.86. The number of aliphatic hydroxyl groups excluding tert-OH is 1. The van der Waals surface area contributed by atoms with Crippen LogP contribution in [0.25, 0.3) is 0 Å². The topological polar surface area (TPSA) is 83.8 Å². The molecular weight excluding hydrogens is 272 g/mol. The van der Waals surface area contributed by atoms with E-state index >= 15 is 0 Å². The SMILES string of the molecule is CC(C)(C)OC(=O)[C@]1(C(=O)O)C[C@]1(CO)c1ccccc1. The molecular formula is C16H20O5. The zero-order valence-corrected chi connectivity index (χ0v) is 12.4. The van der Waals surface area contributed by atoms with Crippen LogP contribution in [0.15, 0.2) is 30.3 Å². The Hall–Kier alpha value is -1.88. The third-order valence-electron chi connectivity index (χ3n) is 3.97. The summed E-state index contributed by atoms with van der Waals surface area (Å²) in [6.07, 6.45) is 0.0464. The summed E-state index contributed by atoms with van der Waals surface area (Å²) in [5.41, 5.74) is -2.96. The molecule has 1 fully saturated rings. The van der Waals surface area contributed by atoms with Crippen LogP contribution in [-0.4, -0.2) is 34.4 Å². The highest BCUT2D eigenvalue weighted by Gasteiger charge is 2.78. The van der Waals surface area contributed by atoms with Crippen molar-refractivity contribution in [3.05, 3.63) is 35.9 Å². The van der Waals surface area contributed by atoms with Crippen LogP contribution in [-0.2, 0) is 19.7 Å². The van der Waals surface area contributed by atoms with E-state index < -0.39 is 35.0 Å². The molecule has 0 saturated heterocycles. The third kappa shape index (κ3) is 2.31. The van der Waals surface area contributed by atoms with Crippen molar-refractivity contribution in [2.24, 2.45) is 5.41 Å². The number of carbonyl (C=O) groups excluding carboxylic acids is 1. The molecule has 0 aliphatic heterocycles. The lowest BCUT2D eigenvalue weighted by Crippen LogP contribution is -2.40. The fraction of sp³-hybridized carbons (Fsp3) is 0.500. The first-order chi connectivity index (χ1) is 9.69. The number of carbonyl (C=O) groups is 2. The largest absolute Gasteiger partial charge is 0.480 e. The molecule has 0 amide bonds. The highest BCUT2D eigenvalue weighted by atomic mass is 16.6. The Balaban J connectivity index is 2.43. The van der Waals surface area contributed by atoms with Crippen molar-refractivity contribution in [3.8, 4) is 0 Å². The Morgan fingerprint density at radius 3 is 2.24 bits per heavy atom. The van der Waals surface area contributed by atoms with Crippen molar-refractivity contribution in [1.29, 1.82) is 0 Å². The van der Waals surface area contributed by atoms with Crippen LogP contribution in [0.4, 0.5) is 0 Å². The molecule has 0 radical (unpaired) electrons. The van der Waals surface area contributed by atoms with Crippen LogP contribution in [0, 0.1) is 5.41 Å². The van der Waals surface area contributed by atoms with Crippen molar-refractivity contribution in [2.45, 2.75) is 38.2 Å². The summed E-state index contributed by atoms with van der Waals surface area (Å²) >= 11 is 0. The molecule has 1 aliphatic carbocycles. The van der Waals surface area contributed by atoms with Crippen molar-refractivity contribution in [1.82, 2.24) is 0 Å². The number of rotatable bonds is 4. The fourth-order valence-electron chi connectivity index (χ4n) is 2.80. The van der Waals surface area contributed by atoms with E-state index in [4.69, 9.17) is 4.74 Å². The fourth-order valence-corrected chi connectivity index (χ4v) is 2.80. The van der Waals surface area contributed by atoms with Crippen LogP contribution in [0.1, 0.15) is 32.8 Å². The second-order valence-electron chi connectivity index (χ2n) is 6.50. The van der Waals surface area contributed by atoms with E-state index in [1.807, 2.05) is 0 Å². The van der Waals surface area contributed by atoms with Gasteiger partial charge < -0.3 is 14.9 Å². The molecule has 114 valence electrons. The van der Waals surface area contributed by atoms with Gasteiger partial charge in [-0.25, -0.2) is 0 Å². The van der Waals surface area contributed by atoms with E-state index in [1.165, 1.54) is 0 Å². The number of hydrogen-bond donors (Lipinski definition) is 2. The van der Waals surface area contributed by atoms with E-state index in [0.717, 1.165) is 0 Å². The normalized spacial score (nSPS) is 28.0. The van der Waals surface area contributed by atoms with Gasteiger partial charge >= 0.3 is 11.9 Å². The Morgan fingerprint density at radius 2 is 1.81 bits per heavy atom. The van der Waals surface area contributed by atoms with Gasteiger partial charge in [-0.05, 0) is 32.8 Å². The van der Waals surface area contributed by atoms with E-state index in [1.54, 1.807) is 51.1 Å². The average Bonchev–Trinajstić information content (AvgIpc) is 3.10. The number of carboxylic acid groups (broad SMARTS) is 1. The number of esters is 1. The molecule has 1 aliphatic rings. The van der Waals surface area contributed by atoms with Gasteiger partial charge in [0.1, 0.15) is 5.60 Å². The van der Waals surface area contributed by atoms with Crippen LogP contribution in [0.3, 0.4) is 0 Å². The summed E-state index contributed by atoms with van der Waals surface area (Å²) in [4.78, 5) is 24.2. The molecule has 5 heteroatoms. The minimum atomic E-state index is -1.71. The first-order valence-electron chi connectivity index (χ1n) is 6.83. The van der Waals surface area contributed by atoms with Crippen LogP contribution < -0.4 is 0 Å². The lowest BCUT2D eigenvalue weighted by Gasteiger charge is -2.25. The standard InChI is InChI=1S/C16H20O5/c1-14(2,3)21-13(20)16(12(18)19)9-15(16,10-17)11-7-5-4-6-8-11/h4-8,17H,9-10H2,1-3H3,(H,18,19)/t15-,16+/m0/s1. The van der Waals surface area contributed by atoms with E-state index in [-0.39, 0.29) is 6.42 Å². The number of carboxylic acids is 1. The summed E-state index contributed by atoms with van der Waals surface area (Å²) in [5, 5.41) is 19.4. The molecule has 1 aromatic carbocycles. The predicted molar refractivity (Wildman–Crippen MR) is 75.7 cm³/mol. The lowest BCUT2D eigenvalue weighted by molar-refractivity contribution is -0.170. The van der Waals surface area contributed by atoms with Gasteiger partial charge in [0, 0.05) is 5.41 Å². The summed E-state index contributed by atoms with van der Waals surface area (Å²) in [6, 6.07) is 8.77. The number of ether oxygens (including phenoxy) is 1. The summed E-state index contributed by atoms with van der Waals surface area (Å²) in [7, 11) is 0. The van der Waals surface area contributed by atoms with Gasteiger partial charge in [-0.3, -0.25) is 9.59 Å². The van der Waals surface area contributed by atoms with E-state index in [9.17, 15) is 19.8 Å². The summed E-state index contributed by atoms with van der Waals surface area (Å²) in [5.74, 6) is -2.05. The minimum Gasteiger partial charge on any atom is -0.480 e. The van der Waals surface area contributed by atoms with Crippen molar-refractivity contribution in [2.75, 3.05) is 6.61 Å². The van der Waals surface area contributed by atoms with Crippen molar-refractivity contribution < 1.29 is 24.5 Å². The highest BCUT2D eigenvalue weighted by Crippen LogP contribution is 2.65. The smallest absolute Gasteiger partial charge is 0.325 e.